The number of hydrogen-bond donors (Lipinski definition) is 0. The largest absolute Gasteiger partial charge is 0.480 e. The molecule has 8 heteroatoms. The predicted molar refractivity (Wildman–Crippen MR) is 101 cm³/mol. The number of aromatic nitrogens is 4. The van der Waals surface area contributed by atoms with Crippen LogP contribution in [0.1, 0.15) is 11.9 Å². The Morgan fingerprint density at radius 1 is 1.04 bits per heavy atom. The Morgan fingerprint density at radius 3 is 2.75 bits per heavy atom. The molecular weight excluding hydrogens is 379 g/mol. The average Bonchev–Trinajstić information content (AvgIpc) is 3.24. The molecule has 1 unspecified atom stereocenters. The number of hydrogen-bond acceptors (Lipinski definition) is 7. The van der Waals surface area contributed by atoms with Crippen LogP contribution in [0, 0.1) is 5.82 Å². The maximum absolute atomic E-state index is 14.7. The van der Waals surface area contributed by atoms with Crippen molar-refractivity contribution in [1.82, 2.24) is 20.1 Å². The quantitative estimate of drug-likeness (QED) is 0.506. The van der Waals surface area contributed by atoms with E-state index in [0.29, 0.717) is 17.1 Å². The van der Waals surface area contributed by atoms with Gasteiger partial charge >= 0.3 is 0 Å². The van der Waals surface area contributed by atoms with E-state index >= 15 is 0 Å². The summed E-state index contributed by atoms with van der Waals surface area (Å²) in [6.45, 7) is 0. The van der Waals surface area contributed by atoms with Gasteiger partial charge in [0.2, 0.25) is 5.82 Å². The van der Waals surface area contributed by atoms with Crippen molar-refractivity contribution >= 4 is 11.8 Å². The number of halogens is 1. The maximum Gasteiger partial charge on any atom is 0.261 e. The van der Waals surface area contributed by atoms with E-state index in [2.05, 4.69) is 20.1 Å². The fourth-order valence-electron chi connectivity index (χ4n) is 2.94. The van der Waals surface area contributed by atoms with Crippen LogP contribution in [0.5, 0.6) is 5.75 Å². The second-order valence-corrected chi connectivity index (χ2v) is 7.21. The molecule has 1 aliphatic heterocycles. The van der Waals surface area contributed by atoms with Crippen molar-refractivity contribution in [3.05, 3.63) is 72.8 Å². The van der Waals surface area contributed by atoms with Crippen molar-refractivity contribution in [2.24, 2.45) is 0 Å². The normalized spacial score (nSPS) is 15.7. The zero-order chi connectivity index (χ0) is 18.9. The first-order valence-corrected chi connectivity index (χ1v) is 9.54. The van der Waals surface area contributed by atoms with E-state index in [1.807, 2.05) is 24.3 Å². The van der Waals surface area contributed by atoms with Crippen LogP contribution in [-0.2, 0) is 0 Å². The lowest BCUT2D eigenvalue weighted by atomic mass is 10.1. The Hall–Kier alpha value is -3.26. The lowest BCUT2D eigenvalue weighted by Gasteiger charge is -2.22. The zero-order valence-electron chi connectivity index (χ0n) is 14.4. The van der Waals surface area contributed by atoms with E-state index in [0.717, 1.165) is 16.2 Å². The summed E-state index contributed by atoms with van der Waals surface area (Å²) in [7, 11) is 0. The lowest BCUT2D eigenvalue weighted by molar-refractivity contribution is 0.205. The highest BCUT2D eigenvalue weighted by Crippen LogP contribution is 2.39. The first-order valence-electron chi connectivity index (χ1n) is 8.55. The van der Waals surface area contributed by atoms with Gasteiger partial charge in [-0.3, -0.25) is 0 Å². The van der Waals surface area contributed by atoms with Crippen molar-refractivity contribution in [3.8, 4) is 28.3 Å². The van der Waals surface area contributed by atoms with E-state index in [1.165, 1.54) is 12.4 Å². The molecule has 0 saturated heterocycles. The van der Waals surface area contributed by atoms with Crippen molar-refractivity contribution < 1.29 is 13.7 Å². The van der Waals surface area contributed by atoms with Gasteiger partial charge in [0.05, 0.1) is 5.56 Å². The van der Waals surface area contributed by atoms with Gasteiger partial charge in [-0.1, -0.05) is 23.4 Å². The van der Waals surface area contributed by atoms with Gasteiger partial charge in [-0.25, -0.2) is 14.4 Å². The van der Waals surface area contributed by atoms with Crippen LogP contribution < -0.4 is 4.74 Å². The maximum atomic E-state index is 14.7. The molecule has 3 heterocycles. The van der Waals surface area contributed by atoms with Crippen LogP contribution in [0.2, 0.25) is 0 Å². The third-order valence-electron chi connectivity index (χ3n) is 4.33. The molecule has 5 rings (SSSR count). The second-order valence-electron chi connectivity index (χ2n) is 6.14. The first-order chi connectivity index (χ1) is 13.8. The third kappa shape index (κ3) is 3.11. The van der Waals surface area contributed by atoms with Gasteiger partial charge in [0.25, 0.3) is 5.89 Å². The number of nitrogens with zero attached hydrogens (tertiary/aromatic N) is 4. The summed E-state index contributed by atoms with van der Waals surface area (Å²) < 4.78 is 25.9. The molecule has 28 heavy (non-hydrogen) atoms. The molecule has 138 valence electrons. The average molecular weight is 392 g/mol. The van der Waals surface area contributed by atoms with Gasteiger partial charge in [-0.05, 0) is 29.8 Å². The molecule has 0 N–H and O–H groups in total. The molecule has 0 bridgehead atoms. The van der Waals surface area contributed by atoms with Gasteiger partial charge in [0, 0.05) is 28.6 Å². The minimum absolute atomic E-state index is 0.121. The molecule has 4 aromatic rings. The molecule has 0 aliphatic carbocycles. The van der Waals surface area contributed by atoms with Gasteiger partial charge in [-0.15, -0.1) is 11.8 Å². The number of fused-ring (bicyclic) bond motifs is 1. The molecule has 1 atom stereocenters. The molecule has 0 radical (unpaired) electrons. The molecule has 0 fully saturated rings. The summed E-state index contributed by atoms with van der Waals surface area (Å²) in [5.41, 5.74) is 1.64. The van der Waals surface area contributed by atoms with E-state index < -0.39 is 5.82 Å². The molecule has 6 nitrogen and oxygen atoms in total. The monoisotopic (exact) mass is 392 g/mol. The Bertz CT molecular complexity index is 1140. The Kier molecular flexibility index (Phi) is 4.25. The van der Waals surface area contributed by atoms with E-state index in [4.69, 9.17) is 9.26 Å². The van der Waals surface area contributed by atoms with Gasteiger partial charge in [0.15, 0.2) is 6.10 Å². The molecule has 0 amide bonds. The summed E-state index contributed by atoms with van der Waals surface area (Å²) in [5.74, 6) is 1.51. The van der Waals surface area contributed by atoms with Crippen molar-refractivity contribution in [2.45, 2.75) is 11.0 Å². The molecular formula is C20H13FN4O2S. The summed E-state index contributed by atoms with van der Waals surface area (Å²) >= 11 is 1.67. The summed E-state index contributed by atoms with van der Waals surface area (Å²) in [4.78, 5) is 13.3. The predicted octanol–water partition coefficient (Wildman–Crippen LogP) is 4.56. The zero-order valence-corrected chi connectivity index (χ0v) is 15.3. The minimum Gasteiger partial charge on any atom is -0.480 e. The minimum atomic E-state index is -0.458. The SMILES string of the molecule is Fc1cc(-c2cncnc2)ccc1-c1nc(C2CSc3ccccc3O2)no1. The van der Waals surface area contributed by atoms with Crippen LogP contribution >= 0.6 is 11.8 Å². The molecule has 0 saturated carbocycles. The highest BCUT2D eigenvalue weighted by atomic mass is 32.2. The Balaban J connectivity index is 1.41. The van der Waals surface area contributed by atoms with Crippen molar-refractivity contribution in [2.75, 3.05) is 5.75 Å². The van der Waals surface area contributed by atoms with E-state index in [1.54, 1.807) is 36.3 Å². The number of benzene rings is 2. The number of para-hydroxylation sites is 1. The van der Waals surface area contributed by atoms with Gasteiger partial charge < -0.3 is 9.26 Å². The number of ether oxygens (including phenoxy) is 1. The molecule has 1 aliphatic rings. The fraction of sp³-hybridized carbons (Fsp3) is 0.100. The summed E-state index contributed by atoms with van der Waals surface area (Å²) in [6, 6.07) is 12.6. The first kappa shape index (κ1) is 16.9. The van der Waals surface area contributed by atoms with Crippen molar-refractivity contribution in [3.63, 3.8) is 0 Å². The standard InChI is InChI=1S/C20H13FN4O2S/c21-15-7-12(13-8-22-11-23-9-13)5-6-14(15)20-24-19(25-27-20)17-10-28-18-4-2-1-3-16(18)26-17/h1-9,11,17H,10H2. The Morgan fingerprint density at radius 2 is 1.89 bits per heavy atom. The van der Waals surface area contributed by atoms with Crippen LogP contribution in [0.15, 0.2) is 70.6 Å². The number of rotatable bonds is 3. The number of thioether (sulfide) groups is 1. The van der Waals surface area contributed by atoms with E-state index in [-0.39, 0.29) is 17.6 Å². The molecule has 2 aromatic heterocycles. The highest BCUT2D eigenvalue weighted by molar-refractivity contribution is 7.99. The van der Waals surface area contributed by atoms with Crippen molar-refractivity contribution in [1.29, 1.82) is 0 Å². The molecule has 2 aromatic carbocycles. The topological polar surface area (TPSA) is 73.9 Å². The lowest BCUT2D eigenvalue weighted by Crippen LogP contribution is -2.16. The second kappa shape index (κ2) is 7.05. The Labute approximate surface area is 163 Å². The highest BCUT2D eigenvalue weighted by Gasteiger charge is 2.27. The van der Waals surface area contributed by atoms with E-state index in [9.17, 15) is 4.39 Å². The smallest absolute Gasteiger partial charge is 0.261 e. The summed E-state index contributed by atoms with van der Waals surface area (Å²) in [6.07, 6.45) is 4.34. The van der Waals surface area contributed by atoms with Gasteiger partial charge in [-0.2, -0.15) is 4.98 Å². The van der Waals surface area contributed by atoms with Crippen LogP contribution in [0.3, 0.4) is 0 Å². The fourth-order valence-corrected chi connectivity index (χ4v) is 3.92. The van der Waals surface area contributed by atoms with Crippen LogP contribution in [-0.4, -0.2) is 25.9 Å². The summed E-state index contributed by atoms with van der Waals surface area (Å²) in [5, 5.41) is 4.00. The molecule has 0 spiro atoms. The third-order valence-corrected chi connectivity index (χ3v) is 5.45. The van der Waals surface area contributed by atoms with Crippen LogP contribution in [0.4, 0.5) is 4.39 Å². The van der Waals surface area contributed by atoms with Crippen LogP contribution in [0.25, 0.3) is 22.6 Å². The van der Waals surface area contributed by atoms with Gasteiger partial charge in [0.1, 0.15) is 17.9 Å².